The van der Waals surface area contributed by atoms with Gasteiger partial charge in [0.25, 0.3) is 0 Å². The van der Waals surface area contributed by atoms with Crippen LogP contribution < -0.4 is 9.88 Å². The van der Waals surface area contributed by atoms with Crippen molar-refractivity contribution in [1.82, 2.24) is 4.98 Å². The number of hydrogen-bond donors (Lipinski definition) is 1. The number of nitrogens with zero attached hydrogens (tertiary/aromatic N) is 2. The summed E-state index contributed by atoms with van der Waals surface area (Å²) in [6.07, 6.45) is 7.07. The summed E-state index contributed by atoms with van der Waals surface area (Å²) >= 11 is 0. The second-order valence-electron chi connectivity index (χ2n) is 5.26. The lowest BCUT2D eigenvalue weighted by molar-refractivity contribution is -0.683. The van der Waals surface area contributed by atoms with E-state index in [0.717, 1.165) is 12.2 Å². The van der Waals surface area contributed by atoms with Crippen LogP contribution in [-0.4, -0.2) is 10.8 Å². The van der Waals surface area contributed by atoms with Gasteiger partial charge in [0.15, 0.2) is 12.4 Å². The Morgan fingerprint density at radius 3 is 2.48 bits per heavy atom. The predicted molar refractivity (Wildman–Crippen MR) is 89.0 cm³/mol. The first-order chi connectivity index (χ1) is 11.3. The van der Waals surface area contributed by atoms with Crippen LogP contribution in [0.5, 0.6) is 0 Å². The van der Waals surface area contributed by atoms with Crippen LogP contribution in [0.25, 0.3) is 0 Å². The van der Waals surface area contributed by atoms with Crippen LogP contribution in [0.1, 0.15) is 15.9 Å². The van der Waals surface area contributed by atoms with E-state index in [1.165, 1.54) is 5.56 Å². The Balaban J connectivity index is 1.58. The van der Waals surface area contributed by atoms with E-state index in [1.54, 1.807) is 24.5 Å². The topological polar surface area (TPSA) is 45.9 Å². The molecule has 0 atom stereocenters. The number of carbonyl (C=O) groups excluding carboxylic acids is 1. The molecule has 0 saturated carbocycles. The molecule has 23 heavy (non-hydrogen) atoms. The number of Topliss-reactive ketones (excluding diaryl/α,β-unsaturated/α-hetero) is 1. The number of nitrogens with one attached hydrogen (secondary N) is 1. The van der Waals surface area contributed by atoms with Gasteiger partial charge in [-0.05, 0) is 17.7 Å². The first kappa shape index (κ1) is 14.9. The molecule has 0 aliphatic rings. The van der Waals surface area contributed by atoms with Crippen LogP contribution in [0, 0.1) is 0 Å². The fourth-order valence-electron chi connectivity index (χ4n) is 2.27. The molecule has 2 aromatic heterocycles. The van der Waals surface area contributed by atoms with Gasteiger partial charge in [0.2, 0.25) is 12.3 Å². The number of ketones is 1. The lowest BCUT2D eigenvalue weighted by atomic mass is 10.2. The largest absolute Gasteiger partial charge is 0.381 e. The number of pyridine rings is 2. The summed E-state index contributed by atoms with van der Waals surface area (Å²) in [4.78, 5) is 16.1. The maximum absolute atomic E-state index is 12.1. The Kier molecular flexibility index (Phi) is 4.74. The zero-order valence-corrected chi connectivity index (χ0v) is 12.7. The standard InChI is InChI=1S/C19H17N3O/c23-19(17-7-4-10-20-14-17)15-22-11-8-18(9-12-22)21-13-16-5-2-1-3-6-16/h1-12,14H,13,15H2/p+1. The molecule has 0 spiro atoms. The summed E-state index contributed by atoms with van der Waals surface area (Å²) in [6, 6.07) is 17.7. The maximum atomic E-state index is 12.1. The van der Waals surface area contributed by atoms with Crippen LogP contribution in [-0.2, 0) is 13.1 Å². The maximum Gasteiger partial charge on any atom is 0.229 e. The Morgan fingerprint density at radius 2 is 1.78 bits per heavy atom. The smallest absolute Gasteiger partial charge is 0.229 e. The lowest BCUT2D eigenvalue weighted by Crippen LogP contribution is -2.37. The van der Waals surface area contributed by atoms with Crippen LogP contribution in [0.15, 0.2) is 79.4 Å². The molecule has 1 aromatic carbocycles. The summed E-state index contributed by atoms with van der Waals surface area (Å²) in [7, 11) is 0. The van der Waals surface area contributed by atoms with Crippen LogP contribution in [0.2, 0.25) is 0 Å². The normalized spacial score (nSPS) is 10.3. The van der Waals surface area contributed by atoms with E-state index in [-0.39, 0.29) is 5.78 Å². The minimum atomic E-state index is 0.0492. The van der Waals surface area contributed by atoms with Crippen LogP contribution in [0.3, 0.4) is 0 Å². The lowest BCUT2D eigenvalue weighted by Gasteiger charge is -2.05. The number of anilines is 1. The average molecular weight is 304 g/mol. The molecule has 0 amide bonds. The van der Waals surface area contributed by atoms with E-state index in [2.05, 4.69) is 22.4 Å². The van der Waals surface area contributed by atoms with Gasteiger partial charge >= 0.3 is 0 Å². The minimum absolute atomic E-state index is 0.0492. The molecule has 4 nitrogen and oxygen atoms in total. The van der Waals surface area contributed by atoms with Gasteiger partial charge in [0.1, 0.15) is 0 Å². The van der Waals surface area contributed by atoms with E-state index in [9.17, 15) is 4.79 Å². The molecule has 0 aliphatic heterocycles. The summed E-state index contributed by atoms with van der Waals surface area (Å²) < 4.78 is 1.86. The molecule has 4 heteroatoms. The highest BCUT2D eigenvalue weighted by atomic mass is 16.1. The van der Waals surface area contributed by atoms with E-state index in [4.69, 9.17) is 0 Å². The number of rotatable bonds is 6. The summed E-state index contributed by atoms with van der Waals surface area (Å²) in [6.45, 7) is 1.09. The predicted octanol–water partition coefficient (Wildman–Crippen LogP) is 2.86. The van der Waals surface area contributed by atoms with Crippen LogP contribution in [0.4, 0.5) is 5.69 Å². The third-order valence-corrected chi connectivity index (χ3v) is 3.54. The molecule has 0 aliphatic carbocycles. The number of carbonyl (C=O) groups is 1. The SMILES string of the molecule is O=C(C[n+]1ccc(NCc2ccccc2)cc1)c1cccnc1. The van der Waals surface area contributed by atoms with Gasteiger partial charge in [0.05, 0.1) is 0 Å². The molecule has 3 aromatic rings. The molecular weight excluding hydrogens is 286 g/mol. The highest BCUT2D eigenvalue weighted by Gasteiger charge is 2.11. The molecule has 0 bridgehead atoms. The average Bonchev–Trinajstić information content (AvgIpc) is 2.63. The molecular formula is C19H18N3O+. The van der Waals surface area contributed by atoms with Gasteiger partial charge in [-0.3, -0.25) is 9.78 Å². The molecule has 0 saturated heterocycles. The van der Waals surface area contributed by atoms with Crippen molar-refractivity contribution in [2.45, 2.75) is 13.1 Å². The van der Waals surface area contributed by atoms with Gasteiger partial charge in [-0.15, -0.1) is 0 Å². The van der Waals surface area contributed by atoms with E-state index in [0.29, 0.717) is 12.1 Å². The second kappa shape index (κ2) is 7.31. The van der Waals surface area contributed by atoms with Crippen molar-refractivity contribution < 1.29 is 9.36 Å². The van der Waals surface area contributed by atoms with Crippen molar-refractivity contribution in [3.8, 4) is 0 Å². The molecule has 114 valence electrons. The van der Waals surface area contributed by atoms with Crippen molar-refractivity contribution in [3.63, 3.8) is 0 Å². The first-order valence-corrected chi connectivity index (χ1v) is 7.51. The van der Waals surface area contributed by atoms with Gasteiger partial charge in [-0.1, -0.05) is 30.3 Å². The highest BCUT2D eigenvalue weighted by Crippen LogP contribution is 2.07. The molecule has 0 radical (unpaired) electrons. The summed E-state index contributed by atoms with van der Waals surface area (Å²) in [5, 5.41) is 3.36. The zero-order valence-electron chi connectivity index (χ0n) is 12.7. The molecule has 0 unspecified atom stereocenters. The quantitative estimate of drug-likeness (QED) is 0.562. The zero-order chi connectivity index (χ0) is 15.9. The fraction of sp³-hybridized carbons (Fsp3) is 0.105. The Morgan fingerprint density at radius 1 is 1.00 bits per heavy atom. The minimum Gasteiger partial charge on any atom is -0.381 e. The highest BCUT2D eigenvalue weighted by molar-refractivity contribution is 5.94. The second-order valence-corrected chi connectivity index (χ2v) is 5.26. The third-order valence-electron chi connectivity index (χ3n) is 3.54. The Bertz CT molecular complexity index is 756. The van der Waals surface area contributed by atoms with Crippen LogP contribution >= 0.6 is 0 Å². The van der Waals surface area contributed by atoms with Crippen molar-refractivity contribution >= 4 is 11.5 Å². The van der Waals surface area contributed by atoms with Crippen molar-refractivity contribution in [1.29, 1.82) is 0 Å². The fourth-order valence-corrected chi connectivity index (χ4v) is 2.27. The molecule has 3 rings (SSSR count). The monoisotopic (exact) mass is 304 g/mol. The van der Waals surface area contributed by atoms with E-state index < -0.39 is 0 Å². The third kappa shape index (κ3) is 4.23. The van der Waals surface area contributed by atoms with Gasteiger partial charge in [0, 0.05) is 42.3 Å². The van der Waals surface area contributed by atoms with Crippen molar-refractivity contribution in [2.24, 2.45) is 0 Å². The first-order valence-electron chi connectivity index (χ1n) is 7.51. The van der Waals surface area contributed by atoms with E-state index >= 15 is 0 Å². The molecule has 0 fully saturated rings. The number of aromatic nitrogens is 2. The molecule has 2 heterocycles. The number of benzene rings is 1. The van der Waals surface area contributed by atoms with Gasteiger partial charge in [-0.2, -0.15) is 4.57 Å². The summed E-state index contributed by atoms with van der Waals surface area (Å²) in [5.41, 5.74) is 2.89. The van der Waals surface area contributed by atoms with Gasteiger partial charge < -0.3 is 5.32 Å². The van der Waals surface area contributed by atoms with E-state index in [1.807, 2.05) is 47.3 Å². The van der Waals surface area contributed by atoms with Crippen molar-refractivity contribution in [2.75, 3.05) is 5.32 Å². The van der Waals surface area contributed by atoms with Crippen molar-refractivity contribution in [3.05, 3.63) is 90.5 Å². The Labute approximate surface area is 135 Å². The van der Waals surface area contributed by atoms with Gasteiger partial charge in [-0.25, -0.2) is 0 Å². The Hall–Kier alpha value is -3.01. The number of hydrogen-bond acceptors (Lipinski definition) is 3. The summed E-state index contributed by atoms with van der Waals surface area (Å²) in [5.74, 6) is 0.0492. The molecule has 1 N–H and O–H groups in total.